The second-order valence-corrected chi connectivity index (χ2v) is 13.4. The average molecular weight is 677 g/mol. The molecule has 0 saturated heterocycles. The van der Waals surface area contributed by atoms with E-state index in [1.165, 1.54) is 21.9 Å². The van der Waals surface area contributed by atoms with E-state index in [2.05, 4.69) is 170 Å². The molecule has 0 bridgehead atoms. The van der Waals surface area contributed by atoms with E-state index in [9.17, 15) is 0 Å². The van der Waals surface area contributed by atoms with Crippen molar-refractivity contribution < 1.29 is 4.42 Å². The zero-order valence-electron chi connectivity index (χ0n) is 28.8. The van der Waals surface area contributed by atoms with Gasteiger partial charge in [-0.3, -0.25) is 0 Å². The van der Waals surface area contributed by atoms with Crippen molar-refractivity contribution in [2.24, 2.45) is 0 Å². The third-order valence-corrected chi connectivity index (χ3v) is 10.1. The van der Waals surface area contributed by atoms with Crippen LogP contribution in [0.3, 0.4) is 0 Å². The number of benzene rings is 8. The first-order chi connectivity index (χ1) is 26.2. The van der Waals surface area contributed by atoms with Crippen molar-refractivity contribution in [3.63, 3.8) is 0 Å². The van der Waals surface area contributed by atoms with Gasteiger partial charge >= 0.3 is 0 Å². The van der Waals surface area contributed by atoms with E-state index in [0.29, 0.717) is 5.82 Å². The molecule has 53 heavy (non-hydrogen) atoms. The summed E-state index contributed by atoms with van der Waals surface area (Å²) in [5.74, 6) is 0.682. The molecule has 0 saturated carbocycles. The Morgan fingerprint density at radius 1 is 0.302 bits per heavy atom. The van der Waals surface area contributed by atoms with Crippen molar-refractivity contribution in [3.8, 4) is 67.3 Å². The van der Waals surface area contributed by atoms with Gasteiger partial charge in [-0.05, 0) is 86.6 Å². The van der Waals surface area contributed by atoms with Crippen LogP contribution < -0.4 is 0 Å². The van der Waals surface area contributed by atoms with Crippen molar-refractivity contribution >= 4 is 32.7 Å². The lowest BCUT2D eigenvalue weighted by molar-refractivity contribution is 0.669. The van der Waals surface area contributed by atoms with Crippen LogP contribution in [0, 0.1) is 0 Å². The number of fused-ring (bicyclic) bond motifs is 4. The molecule has 0 radical (unpaired) electrons. The van der Waals surface area contributed by atoms with Gasteiger partial charge in [0.25, 0.3) is 0 Å². The molecule has 0 aliphatic carbocycles. The lowest BCUT2D eigenvalue weighted by Crippen LogP contribution is -1.97. The van der Waals surface area contributed by atoms with Crippen LogP contribution in [0.4, 0.5) is 0 Å². The molecule has 0 aliphatic rings. The summed E-state index contributed by atoms with van der Waals surface area (Å²) < 4.78 is 6.35. The molecular weight excluding hydrogens is 645 g/mol. The number of rotatable bonds is 6. The highest BCUT2D eigenvalue weighted by atomic mass is 16.3. The van der Waals surface area contributed by atoms with E-state index in [1.54, 1.807) is 0 Å². The number of hydrogen-bond acceptors (Lipinski definition) is 3. The summed E-state index contributed by atoms with van der Waals surface area (Å²) in [6, 6.07) is 68.1. The SMILES string of the molecule is c1ccc(-c2ccc(-c3nc(-c4ccccc4)cc(-c4cc(-c5ccc6c(c5)oc5ccccc56)cc(-c5cccc6ccccc56)c4)n3)cc2)cc1. The molecular formula is C50H32N2O. The summed E-state index contributed by atoms with van der Waals surface area (Å²) in [5, 5.41) is 4.65. The Kier molecular flexibility index (Phi) is 7.47. The van der Waals surface area contributed by atoms with E-state index in [1.807, 2.05) is 24.3 Å². The van der Waals surface area contributed by atoms with E-state index in [-0.39, 0.29) is 0 Å². The second kappa shape index (κ2) is 12.9. The van der Waals surface area contributed by atoms with Gasteiger partial charge in [-0.15, -0.1) is 0 Å². The summed E-state index contributed by atoms with van der Waals surface area (Å²) in [6.07, 6.45) is 0. The monoisotopic (exact) mass is 676 g/mol. The van der Waals surface area contributed by atoms with Gasteiger partial charge in [0.2, 0.25) is 0 Å². The number of nitrogens with zero attached hydrogens (tertiary/aromatic N) is 2. The minimum atomic E-state index is 0.682. The van der Waals surface area contributed by atoms with Crippen molar-refractivity contribution in [2.45, 2.75) is 0 Å². The molecule has 3 heteroatoms. The van der Waals surface area contributed by atoms with Crippen LogP contribution in [0.25, 0.3) is 100.0 Å². The predicted molar refractivity (Wildman–Crippen MR) is 219 cm³/mol. The van der Waals surface area contributed by atoms with Crippen LogP contribution in [0.15, 0.2) is 199 Å². The molecule has 3 nitrogen and oxygen atoms in total. The first kappa shape index (κ1) is 30.7. The summed E-state index contributed by atoms with van der Waals surface area (Å²) in [5.41, 5.74) is 13.3. The van der Waals surface area contributed by atoms with Gasteiger partial charge in [0.05, 0.1) is 11.4 Å². The van der Waals surface area contributed by atoms with Crippen LogP contribution in [0.5, 0.6) is 0 Å². The van der Waals surface area contributed by atoms with Crippen molar-refractivity contribution in [1.82, 2.24) is 9.97 Å². The van der Waals surface area contributed by atoms with Gasteiger partial charge in [-0.25, -0.2) is 9.97 Å². The van der Waals surface area contributed by atoms with Crippen LogP contribution >= 0.6 is 0 Å². The van der Waals surface area contributed by atoms with Crippen LogP contribution in [-0.4, -0.2) is 9.97 Å². The summed E-state index contributed by atoms with van der Waals surface area (Å²) >= 11 is 0. The van der Waals surface area contributed by atoms with E-state index in [0.717, 1.165) is 72.3 Å². The molecule has 248 valence electrons. The minimum absolute atomic E-state index is 0.682. The lowest BCUT2D eigenvalue weighted by atomic mass is 9.92. The lowest BCUT2D eigenvalue weighted by Gasteiger charge is -2.14. The molecule has 0 fully saturated rings. The first-order valence-corrected chi connectivity index (χ1v) is 17.9. The Bertz CT molecular complexity index is 2920. The summed E-state index contributed by atoms with van der Waals surface area (Å²) in [4.78, 5) is 10.4. The fourth-order valence-electron chi connectivity index (χ4n) is 7.40. The molecule has 0 spiro atoms. The smallest absolute Gasteiger partial charge is 0.160 e. The quantitative estimate of drug-likeness (QED) is 0.176. The Morgan fingerprint density at radius 2 is 0.868 bits per heavy atom. The van der Waals surface area contributed by atoms with Gasteiger partial charge in [-0.2, -0.15) is 0 Å². The third-order valence-electron chi connectivity index (χ3n) is 10.1. The van der Waals surface area contributed by atoms with Gasteiger partial charge < -0.3 is 4.42 Å². The standard InChI is InChI=1S/C50H32N2O/c1-3-12-33(13-4-1)34-22-24-37(25-23-34)50-51-46(36-15-5-2-6-16-36)32-47(52-50)41-29-39(28-40(30-41)43-20-11-17-35-14-7-8-18-42(35)43)38-26-27-45-44-19-9-10-21-48(44)53-49(45)31-38/h1-32H. The Labute approximate surface area is 307 Å². The Balaban J connectivity index is 1.18. The third kappa shape index (κ3) is 5.75. The van der Waals surface area contributed by atoms with Crippen LogP contribution in [0.1, 0.15) is 0 Å². The molecule has 0 N–H and O–H groups in total. The van der Waals surface area contributed by atoms with Gasteiger partial charge in [0, 0.05) is 27.5 Å². The fraction of sp³-hybridized carbons (Fsp3) is 0. The summed E-state index contributed by atoms with van der Waals surface area (Å²) in [7, 11) is 0. The zero-order valence-corrected chi connectivity index (χ0v) is 28.8. The number of hydrogen-bond donors (Lipinski definition) is 0. The highest BCUT2D eigenvalue weighted by molar-refractivity contribution is 6.06. The number of aromatic nitrogens is 2. The predicted octanol–water partition coefficient (Wildman–Crippen LogP) is 13.5. The molecule has 10 aromatic rings. The maximum atomic E-state index is 6.35. The zero-order chi connectivity index (χ0) is 35.1. The molecule has 10 rings (SSSR count). The first-order valence-electron chi connectivity index (χ1n) is 17.9. The molecule has 0 aliphatic heterocycles. The average Bonchev–Trinajstić information content (AvgIpc) is 3.62. The molecule has 0 atom stereocenters. The maximum Gasteiger partial charge on any atom is 0.160 e. The van der Waals surface area contributed by atoms with Crippen LogP contribution in [0.2, 0.25) is 0 Å². The highest BCUT2D eigenvalue weighted by Gasteiger charge is 2.16. The Hall–Kier alpha value is -7.10. The second-order valence-electron chi connectivity index (χ2n) is 13.4. The molecule has 0 amide bonds. The largest absolute Gasteiger partial charge is 0.456 e. The molecule has 0 unspecified atom stereocenters. The number of para-hydroxylation sites is 1. The topological polar surface area (TPSA) is 38.9 Å². The van der Waals surface area contributed by atoms with E-state index < -0.39 is 0 Å². The van der Waals surface area contributed by atoms with Crippen LogP contribution in [-0.2, 0) is 0 Å². The molecule has 8 aromatic carbocycles. The fourth-order valence-corrected chi connectivity index (χ4v) is 7.40. The van der Waals surface area contributed by atoms with Crippen molar-refractivity contribution in [1.29, 1.82) is 0 Å². The minimum Gasteiger partial charge on any atom is -0.456 e. The van der Waals surface area contributed by atoms with E-state index in [4.69, 9.17) is 14.4 Å². The van der Waals surface area contributed by atoms with E-state index >= 15 is 0 Å². The van der Waals surface area contributed by atoms with Gasteiger partial charge in [0.15, 0.2) is 5.82 Å². The van der Waals surface area contributed by atoms with Crippen molar-refractivity contribution in [2.75, 3.05) is 0 Å². The van der Waals surface area contributed by atoms with Gasteiger partial charge in [0.1, 0.15) is 11.2 Å². The number of furan rings is 1. The normalized spacial score (nSPS) is 11.4. The molecule has 2 heterocycles. The maximum absolute atomic E-state index is 6.35. The van der Waals surface area contributed by atoms with Gasteiger partial charge in [-0.1, -0.05) is 152 Å². The van der Waals surface area contributed by atoms with Crippen molar-refractivity contribution in [3.05, 3.63) is 194 Å². The highest BCUT2D eigenvalue weighted by Crippen LogP contribution is 2.39. The Morgan fingerprint density at radius 3 is 1.68 bits per heavy atom. The summed E-state index contributed by atoms with van der Waals surface area (Å²) in [6.45, 7) is 0. The molecule has 2 aromatic heterocycles.